The molecule has 0 unspecified atom stereocenters. The molecule has 1 fully saturated rings. The highest BCUT2D eigenvalue weighted by Crippen LogP contribution is 2.21. The van der Waals surface area contributed by atoms with E-state index in [-0.39, 0.29) is 5.75 Å². The van der Waals surface area contributed by atoms with Gasteiger partial charge in [-0.15, -0.1) is 0 Å². The third kappa shape index (κ3) is 2.61. The molecule has 4 nitrogen and oxygen atoms in total. The highest BCUT2D eigenvalue weighted by molar-refractivity contribution is 5.29. The summed E-state index contributed by atoms with van der Waals surface area (Å²) in [6.07, 6.45) is 3.66. The maximum absolute atomic E-state index is 13.0. The van der Waals surface area contributed by atoms with Crippen molar-refractivity contribution in [3.05, 3.63) is 18.2 Å². The Labute approximate surface area is 93.8 Å². The molecule has 0 aromatic carbocycles. The van der Waals surface area contributed by atoms with E-state index in [1.807, 2.05) is 0 Å². The Morgan fingerprint density at radius 3 is 3.19 bits per heavy atom. The Balaban J connectivity index is 1.93. The van der Waals surface area contributed by atoms with E-state index in [2.05, 4.69) is 10.3 Å². The van der Waals surface area contributed by atoms with E-state index in [1.54, 1.807) is 0 Å². The summed E-state index contributed by atoms with van der Waals surface area (Å²) in [5.41, 5.74) is 0. The first-order valence-corrected chi connectivity index (χ1v) is 5.35. The normalized spacial score (nSPS) is 19.8. The monoisotopic (exact) mass is 226 g/mol. The van der Waals surface area contributed by atoms with Gasteiger partial charge in [0, 0.05) is 12.1 Å². The van der Waals surface area contributed by atoms with Crippen molar-refractivity contribution in [1.82, 2.24) is 10.3 Å². The maximum atomic E-state index is 13.0. The van der Waals surface area contributed by atoms with Crippen molar-refractivity contribution in [3.63, 3.8) is 0 Å². The summed E-state index contributed by atoms with van der Waals surface area (Å²) < 4.78 is 23.3. The van der Waals surface area contributed by atoms with Gasteiger partial charge < -0.3 is 14.8 Å². The Kier molecular flexibility index (Phi) is 3.56. The lowest BCUT2D eigenvalue weighted by Crippen LogP contribution is -2.28. The summed E-state index contributed by atoms with van der Waals surface area (Å²) in [4.78, 5) is 3.56. The summed E-state index contributed by atoms with van der Waals surface area (Å²) in [5, 5.41) is 3.32. The molecule has 0 saturated carbocycles. The quantitative estimate of drug-likeness (QED) is 0.787. The smallest absolute Gasteiger partial charge is 0.255 e. The van der Waals surface area contributed by atoms with Gasteiger partial charge in [0.1, 0.15) is 12.4 Å². The zero-order valence-electron chi connectivity index (χ0n) is 9.20. The standard InChI is InChI=1S/C11H15FN2O2/c1-15-10-5-9(6-14-11(10)12)16-7-8-3-2-4-13-8/h5-6,8,13H,2-4,7H2,1H3/t8-/m1/s1. The third-order valence-electron chi connectivity index (χ3n) is 2.62. The van der Waals surface area contributed by atoms with Crippen molar-refractivity contribution in [3.8, 4) is 11.5 Å². The number of halogens is 1. The van der Waals surface area contributed by atoms with Crippen molar-refractivity contribution in [2.75, 3.05) is 20.3 Å². The minimum atomic E-state index is -0.617. The molecule has 1 aliphatic heterocycles. The van der Waals surface area contributed by atoms with Gasteiger partial charge in [0.2, 0.25) is 0 Å². The molecule has 0 bridgehead atoms. The molecule has 0 spiro atoms. The highest BCUT2D eigenvalue weighted by Gasteiger charge is 2.15. The second-order valence-electron chi connectivity index (χ2n) is 3.77. The van der Waals surface area contributed by atoms with Gasteiger partial charge in [-0.05, 0) is 19.4 Å². The fraction of sp³-hybridized carbons (Fsp3) is 0.545. The van der Waals surface area contributed by atoms with Crippen LogP contribution in [0.1, 0.15) is 12.8 Å². The van der Waals surface area contributed by atoms with Crippen molar-refractivity contribution >= 4 is 0 Å². The lowest BCUT2D eigenvalue weighted by Gasteiger charge is -2.12. The Morgan fingerprint density at radius 2 is 2.50 bits per heavy atom. The average molecular weight is 226 g/mol. The number of nitrogens with one attached hydrogen (secondary N) is 1. The fourth-order valence-corrected chi connectivity index (χ4v) is 1.73. The number of pyridine rings is 1. The van der Waals surface area contributed by atoms with Crippen molar-refractivity contribution in [2.24, 2.45) is 0 Å². The molecule has 2 rings (SSSR count). The maximum Gasteiger partial charge on any atom is 0.255 e. The molecular formula is C11H15FN2O2. The van der Waals surface area contributed by atoms with E-state index in [4.69, 9.17) is 9.47 Å². The Morgan fingerprint density at radius 1 is 1.62 bits per heavy atom. The van der Waals surface area contributed by atoms with Crippen LogP contribution in [0.5, 0.6) is 11.5 Å². The zero-order chi connectivity index (χ0) is 11.4. The molecule has 0 amide bonds. The van der Waals surface area contributed by atoms with Crippen molar-refractivity contribution < 1.29 is 13.9 Å². The number of hydrogen-bond acceptors (Lipinski definition) is 4. The van der Waals surface area contributed by atoms with Crippen LogP contribution in [-0.4, -0.2) is 31.3 Å². The topological polar surface area (TPSA) is 43.4 Å². The first kappa shape index (κ1) is 11.1. The van der Waals surface area contributed by atoms with Gasteiger partial charge in [0.25, 0.3) is 5.95 Å². The highest BCUT2D eigenvalue weighted by atomic mass is 19.1. The van der Waals surface area contributed by atoms with Crippen molar-refractivity contribution in [1.29, 1.82) is 0 Å². The Hall–Kier alpha value is -1.36. The second kappa shape index (κ2) is 5.12. The van der Waals surface area contributed by atoms with Gasteiger partial charge in [0.15, 0.2) is 5.75 Å². The minimum Gasteiger partial charge on any atom is -0.492 e. The number of ether oxygens (including phenoxy) is 2. The summed E-state index contributed by atoms with van der Waals surface area (Å²) in [7, 11) is 1.41. The van der Waals surface area contributed by atoms with E-state index in [0.717, 1.165) is 13.0 Å². The van der Waals surface area contributed by atoms with Crippen molar-refractivity contribution in [2.45, 2.75) is 18.9 Å². The number of nitrogens with zero attached hydrogens (tertiary/aromatic N) is 1. The molecule has 88 valence electrons. The van der Waals surface area contributed by atoms with Crippen LogP contribution in [0.2, 0.25) is 0 Å². The Bertz CT molecular complexity index is 354. The largest absolute Gasteiger partial charge is 0.492 e. The average Bonchev–Trinajstić information content (AvgIpc) is 2.81. The first-order valence-electron chi connectivity index (χ1n) is 5.35. The molecule has 1 atom stereocenters. The van der Waals surface area contributed by atoms with E-state index < -0.39 is 5.95 Å². The van der Waals surface area contributed by atoms with Gasteiger partial charge >= 0.3 is 0 Å². The summed E-state index contributed by atoms with van der Waals surface area (Å²) in [5.74, 6) is 0.0256. The van der Waals surface area contributed by atoms with Crippen LogP contribution in [0.15, 0.2) is 12.3 Å². The van der Waals surface area contributed by atoms with Crippen LogP contribution < -0.4 is 14.8 Å². The van der Waals surface area contributed by atoms with Crippen LogP contribution >= 0.6 is 0 Å². The lowest BCUT2D eigenvalue weighted by atomic mass is 10.2. The number of aromatic nitrogens is 1. The number of hydrogen-bond donors (Lipinski definition) is 1. The summed E-state index contributed by atoms with van der Waals surface area (Å²) in [6, 6.07) is 1.90. The lowest BCUT2D eigenvalue weighted by molar-refractivity contribution is 0.272. The van der Waals surface area contributed by atoms with Gasteiger partial charge in [0.05, 0.1) is 13.3 Å². The van der Waals surface area contributed by atoms with Crippen LogP contribution in [0, 0.1) is 5.95 Å². The molecule has 1 aromatic heterocycles. The molecule has 2 heterocycles. The minimum absolute atomic E-state index is 0.108. The molecule has 1 saturated heterocycles. The summed E-state index contributed by atoms with van der Waals surface area (Å²) >= 11 is 0. The van der Waals surface area contributed by atoms with E-state index in [0.29, 0.717) is 18.4 Å². The van der Waals surface area contributed by atoms with E-state index in [9.17, 15) is 4.39 Å². The van der Waals surface area contributed by atoms with Crippen LogP contribution in [-0.2, 0) is 0 Å². The van der Waals surface area contributed by atoms with E-state index in [1.165, 1.54) is 25.8 Å². The first-order chi connectivity index (χ1) is 7.79. The molecule has 1 aromatic rings. The number of methoxy groups -OCH3 is 1. The van der Waals surface area contributed by atoms with Gasteiger partial charge in [-0.25, -0.2) is 4.98 Å². The zero-order valence-corrected chi connectivity index (χ0v) is 9.20. The predicted molar refractivity (Wildman–Crippen MR) is 57.3 cm³/mol. The van der Waals surface area contributed by atoms with Gasteiger partial charge in [-0.2, -0.15) is 4.39 Å². The molecule has 0 radical (unpaired) electrons. The van der Waals surface area contributed by atoms with Gasteiger partial charge in [-0.1, -0.05) is 0 Å². The molecule has 16 heavy (non-hydrogen) atoms. The number of rotatable bonds is 4. The molecule has 1 N–H and O–H groups in total. The molecule has 5 heteroatoms. The predicted octanol–water partition coefficient (Wildman–Crippen LogP) is 1.36. The van der Waals surface area contributed by atoms with E-state index >= 15 is 0 Å². The van der Waals surface area contributed by atoms with Crippen LogP contribution in [0.25, 0.3) is 0 Å². The second-order valence-corrected chi connectivity index (χ2v) is 3.77. The molecule has 0 aliphatic carbocycles. The van der Waals surface area contributed by atoms with Gasteiger partial charge in [-0.3, -0.25) is 0 Å². The van der Waals surface area contributed by atoms with Crippen LogP contribution in [0.4, 0.5) is 4.39 Å². The fourth-order valence-electron chi connectivity index (χ4n) is 1.73. The SMILES string of the molecule is COc1cc(OC[C@H]2CCCN2)cnc1F. The molecular weight excluding hydrogens is 211 g/mol. The third-order valence-corrected chi connectivity index (χ3v) is 2.62. The summed E-state index contributed by atoms with van der Waals surface area (Å²) in [6.45, 7) is 1.62. The molecule has 1 aliphatic rings. The van der Waals surface area contributed by atoms with Crippen LogP contribution in [0.3, 0.4) is 0 Å².